The van der Waals surface area contributed by atoms with Crippen LogP contribution >= 0.6 is 0 Å². The Kier molecular flexibility index (Phi) is 5.09. The van der Waals surface area contributed by atoms with Crippen molar-refractivity contribution in [1.82, 2.24) is 5.32 Å². The van der Waals surface area contributed by atoms with Gasteiger partial charge in [-0.1, -0.05) is 18.2 Å². The molecule has 130 valence electrons. The molecule has 0 bridgehead atoms. The third-order valence-corrected chi connectivity index (χ3v) is 4.49. The summed E-state index contributed by atoms with van der Waals surface area (Å²) in [6.07, 6.45) is 3.61. The standard InChI is InChI=1S/C19H21FN4O/c20-16-9-12(13-4-2-8-23-10-13)6-7-17(16)24-11-14-3-1-5-15(18(14)21)19(22)25/h1,3,5-7,9,11,13,23H,2,4,8,10,21H2,(H2,22,25). The molecule has 0 aromatic heterocycles. The van der Waals surface area contributed by atoms with Crippen molar-refractivity contribution < 1.29 is 9.18 Å². The highest BCUT2D eigenvalue weighted by Gasteiger charge is 2.16. The summed E-state index contributed by atoms with van der Waals surface area (Å²) < 4.78 is 14.4. The molecular formula is C19H21FN4O. The number of rotatable bonds is 4. The third kappa shape index (κ3) is 3.85. The molecule has 1 heterocycles. The van der Waals surface area contributed by atoms with Gasteiger partial charge in [-0.15, -0.1) is 0 Å². The van der Waals surface area contributed by atoms with Crippen LogP contribution in [0.15, 0.2) is 41.4 Å². The van der Waals surface area contributed by atoms with Crippen LogP contribution in [0.25, 0.3) is 0 Å². The zero-order valence-corrected chi connectivity index (χ0v) is 13.8. The first kappa shape index (κ1) is 17.1. The molecule has 2 aromatic carbocycles. The van der Waals surface area contributed by atoms with Gasteiger partial charge in [0.2, 0.25) is 0 Å². The molecular weight excluding hydrogens is 319 g/mol. The fourth-order valence-electron chi connectivity index (χ4n) is 3.07. The number of aliphatic imine (C=N–C) groups is 1. The Morgan fingerprint density at radius 3 is 2.84 bits per heavy atom. The van der Waals surface area contributed by atoms with Crippen molar-refractivity contribution in [3.05, 3.63) is 58.9 Å². The van der Waals surface area contributed by atoms with E-state index in [0.717, 1.165) is 31.5 Å². The minimum atomic E-state index is -0.607. The Morgan fingerprint density at radius 2 is 2.16 bits per heavy atom. The molecule has 5 nitrogen and oxygen atoms in total. The molecule has 3 rings (SSSR count). The van der Waals surface area contributed by atoms with E-state index in [1.165, 1.54) is 6.21 Å². The SMILES string of the molecule is NC(=O)c1cccc(C=Nc2ccc(C3CCCNC3)cc2F)c1N. The summed E-state index contributed by atoms with van der Waals surface area (Å²) in [6, 6.07) is 10.0. The number of primary amides is 1. The number of nitrogens with two attached hydrogens (primary N) is 2. The molecule has 1 fully saturated rings. The van der Waals surface area contributed by atoms with E-state index >= 15 is 0 Å². The van der Waals surface area contributed by atoms with Gasteiger partial charge in [-0.3, -0.25) is 9.79 Å². The quantitative estimate of drug-likeness (QED) is 0.590. The fraction of sp³-hybridized carbons (Fsp3) is 0.263. The van der Waals surface area contributed by atoms with Crippen molar-refractivity contribution in [2.75, 3.05) is 18.8 Å². The number of nitrogens with one attached hydrogen (secondary N) is 1. The Hall–Kier alpha value is -2.73. The fourth-order valence-corrected chi connectivity index (χ4v) is 3.07. The summed E-state index contributed by atoms with van der Waals surface area (Å²) in [7, 11) is 0. The lowest BCUT2D eigenvalue weighted by Crippen LogP contribution is -2.28. The number of amides is 1. The Morgan fingerprint density at radius 1 is 1.32 bits per heavy atom. The van der Waals surface area contributed by atoms with Crippen molar-refractivity contribution in [2.45, 2.75) is 18.8 Å². The summed E-state index contributed by atoms with van der Waals surface area (Å²) in [5.41, 5.74) is 13.4. The summed E-state index contributed by atoms with van der Waals surface area (Å²) >= 11 is 0. The van der Waals surface area contributed by atoms with E-state index in [1.807, 2.05) is 6.07 Å². The number of piperidine rings is 1. The number of hydrogen-bond donors (Lipinski definition) is 3. The Bertz CT molecular complexity index is 813. The van der Waals surface area contributed by atoms with Crippen molar-refractivity contribution >= 4 is 23.5 Å². The first-order valence-electron chi connectivity index (χ1n) is 8.29. The summed E-state index contributed by atoms with van der Waals surface area (Å²) in [5.74, 6) is -0.641. The molecule has 0 radical (unpaired) electrons. The van der Waals surface area contributed by atoms with Crippen LogP contribution in [0.5, 0.6) is 0 Å². The predicted octanol–water partition coefficient (Wildman–Crippen LogP) is 2.72. The number of carbonyl (C=O) groups is 1. The van der Waals surface area contributed by atoms with E-state index in [-0.39, 0.29) is 22.8 Å². The van der Waals surface area contributed by atoms with Crippen LogP contribution in [-0.4, -0.2) is 25.2 Å². The summed E-state index contributed by atoms with van der Waals surface area (Å²) in [6.45, 7) is 1.89. The second-order valence-corrected chi connectivity index (χ2v) is 6.19. The largest absolute Gasteiger partial charge is 0.398 e. The topological polar surface area (TPSA) is 93.5 Å². The Balaban J connectivity index is 1.82. The molecule has 0 saturated carbocycles. The summed E-state index contributed by atoms with van der Waals surface area (Å²) in [4.78, 5) is 15.5. The molecule has 1 aliphatic heterocycles. The second kappa shape index (κ2) is 7.44. The van der Waals surface area contributed by atoms with Crippen molar-refractivity contribution in [3.8, 4) is 0 Å². The average molecular weight is 340 g/mol. The highest BCUT2D eigenvalue weighted by atomic mass is 19.1. The van der Waals surface area contributed by atoms with E-state index in [2.05, 4.69) is 10.3 Å². The molecule has 2 aromatic rings. The van der Waals surface area contributed by atoms with Gasteiger partial charge in [0.25, 0.3) is 5.91 Å². The van der Waals surface area contributed by atoms with Gasteiger partial charge in [-0.2, -0.15) is 0 Å². The van der Waals surface area contributed by atoms with Crippen LogP contribution < -0.4 is 16.8 Å². The van der Waals surface area contributed by atoms with Crippen LogP contribution in [0.2, 0.25) is 0 Å². The smallest absolute Gasteiger partial charge is 0.250 e. The molecule has 1 aliphatic rings. The molecule has 0 spiro atoms. The highest BCUT2D eigenvalue weighted by molar-refractivity contribution is 6.02. The predicted molar refractivity (Wildman–Crippen MR) is 97.9 cm³/mol. The number of benzene rings is 2. The van der Waals surface area contributed by atoms with E-state index in [4.69, 9.17) is 11.5 Å². The highest BCUT2D eigenvalue weighted by Crippen LogP contribution is 2.27. The van der Waals surface area contributed by atoms with Crippen molar-refractivity contribution in [3.63, 3.8) is 0 Å². The maximum Gasteiger partial charge on any atom is 0.250 e. The minimum absolute atomic E-state index is 0.226. The molecule has 1 unspecified atom stereocenters. The number of hydrogen-bond acceptors (Lipinski definition) is 4. The molecule has 5 N–H and O–H groups in total. The third-order valence-electron chi connectivity index (χ3n) is 4.49. The van der Waals surface area contributed by atoms with E-state index in [0.29, 0.717) is 11.5 Å². The van der Waals surface area contributed by atoms with E-state index in [9.17, 15) is 9.18 Å². The molecule has 6 heteroatoms. The van der Waals surface area contributed by atoms with Crippen LogP contribution in [0.1, 0.15) is 40.2 Å². The van der Waals surface area contributed by atoms with Gasteiger partial charge in [0.05, 0.1) is 16.9 Å². The van der Waals surface area contributed by atoms with Gasteiger partial charge < -0.3 is 16.8 Å². The average Bonchev–Trinajstić information content (AvgIpc) is 2.62. The maximum absolute atomic E-state index is 14.4. The zero-order valence-electron chi connectivity index (χ0n) is 13.8. The Labute approximate surface area is 145 Å². The van der Waals surface area contributed by atoms with Gasteiger partial charge in [0, 0.05) is 18.3 Å². The number of para-hydroxylation sites is 1. The first-order chi connectivity index (χ1) is 12.1. The number of nitrogens with zero attached hydrogens (tertiary/aromatic N) is 1. The van der Waals surface area contributed by atoms with Gasteiger partial charge in [-0.05, 0) is 49.1 Å². The maximum atomic E-state index is 14.4. The lowest BCUT2D eigenvalue weighted by atomic mass is 9.91. The number of nitrogen functional groups attached to an aromatic ring is 1. The second-order valence-electron chi connectivity index (χ2n) is 6.19. The van der Waals surface area contributed by atoms with Gasteiger partial charge in [-0.25, -0.2) is 4.39 Å². The van der Waals surface area contributed by atoms with Gasteiger partial charge in [0.15, 0.2) is 0 Å². The number of halogens is 1. The number of carbonyl (C=O) groups excluding carboxylic acids is 1. The zero-order chi connectivity index (χ0) is 17.8. The van der Waals surface area contributed by atoms with Crippen molar-refractivity contribution in [1.29, 1.82) is 0 Å². The number of anilines is 1. The van der Waals surface area contributed by atoms with Crippen LogP contribution in [0.4, 0.5) is 15.8 Å². The monoisotopic (exact) mass is 340 g/mol. The molecule has 1 atom stereocenters. The van der Waals surface area contributed by atoms with E-state index < -0.39 is 5.91 Å². The molecule has 25 heavy (non-hydrogen) atoms. The normalized spacial score (nSPS) is 17.7. The lowest BCUT2D eigenvalue weighted by Gasteiger charge is -2.23. The van der Waals surface area contributed by atoms with E-state index in [1.54, 1.807) is 30.3 Å². The van der Waals surface area contributed by atoms with Gasteiger partial charge >= 0.3 is 0 Å². The molecule has 1 saturated heterocycles. The van der Waals surface area contributed by atoms with Crippen molar-refractivity contribution in [2.24, 2.45) is 10.7 Å². The minimum Gasteiger partial charge on any atom is -0.398 e. The van der Waals surface area contributed by atoms with Crippen LogP contribution in [-0.2, 0) is 0 Å². The molecule has 1 amide bonds. The molecule has 0 aliphatic carbocycles. The first-order valence-corrected chi connectivity index (χ1v) is 8.29. The summed E-state index contributed by atoms with van der Waals surface area (Å²) in [5, 5.41) is 3.33. The van der Waals surface area contributed by atoms with Crippen LogP contribution in [0, 0.1) is 5.82 Å². The van der Waals surface area contributed by atoms with Gasteiger partial charge in [0.1, 0.15) is 5.82 Å². The van der Waals surface area contributed by atoms with Crippen LogP contribution in [0.3, 0.4) is 0 Å². The lowest BCUT2D eigenvalue weighted by molar-refractivity contribution is 0.100.